The maximum Gasteiger partial charge on any atom is 0.253 e. The van der Waals surface area contributed by atoms with E-state index in [1.54, 1.807) is 0 Å². The number of piperazine rings is 1. The highest BCUT2D eigenvalue weighted by Gasteiger charge is 2.59. The molecule has 0 N–H and O–H groups in total. The normalized spacial score (nSPS) is 20.9. The highest BCUT2D eigenvalue weighted by Crippen LogP contribution is 2.60. The Hall–Kier alpha value is -3.67. The van der Waals surface area contributed by atoms with Crippen molar-refractivity contribution in [2.75, 3.05) is 44.2 Å². The van der Waals surface area contributed by atoms with Crippen LogP contribution in [0.15, 0.2) is 79.0 Å². The quantitative estimate of drug-likeness (QED) is 0.558. The second kappa shape index (κ2) is 9.41. The standard InChI is InChI=1S/C30H32N4O2/c35-28(25-11-9-24(10-12-25)23-6-2-1-3-7-23)33-16-13-30(14-17-33)22-26(30)29(36)34-20-18-32(19-21-34)27-8-4-5-15-31-27/h1-12,15,26H,13-14,16-22H2. The second-order valence-electron chi connectivity index (χ2n) is 10.4. The first-order valence-corrected chi connectivity index (χ1v) is 13.0. The monoisotopic (exact) mass is 480 g/mol. The minimum atomic E-state index is 0.0960. The van der Waals surface area contributed by atoms with Crippen LogP contribution in [0.3, 0.4) is 0 Å². The summed E-state index contributed by atoms with van der Waals surface area (Å²) in [7, 11) is 0. The summed E-state index contributed by atoms with van der Waals surface area (Å²) in [6.07, 6.45) is 4.63. The van der Waals surface area contributed by atoms with Gasteiger partial charge in [0.25, 0.3) is 5.91 Å². The van der Waals surface area contributed by atoms with Crippen LogP contribution in [0.5, 0.6) is 0 Å². The number of rotatable bonds is 4. The van der Waals surface area contributed by atoms with Gasteiger partial charge in [0, 0.05) is 56.9 Å². The van der Waals surface area contributed by atoms with Crippen LogP contribution in [0.1, 0.15) is 29.6 Å². The number of benzene rings is 2. The van der Waals surface area contributed by atoms with Gasteiger partial charge in [0.2, 0.25) is 5.91 Å². The lowest BCUT2D eigenvalue weighted by Gasteiger charge is -2.37. The van der Waals surface area contributed by atoms with Gasteiger partial charge in [-0.1, -0.05) is 48.5 Å². The molecule has 2 amide bonds. The average Bonchev–Trinajstić information content (AvgIpc) is 3.66. The van der Waals surface area contributed by atoms with Gasteiger partial charge in [-0.25, -0.2) is 4.98 Å². The van der Waals surface area contributed by atoms with E-state index in [4.69, 9.17) is 0 Å². The zero-order valence-electron chi connectivity index (χ0n) is 20.6. The molecule has 6 rings (SSSR count). The van der Waals surface area contributed by atoms with Crippen molar-refractivity contribution in [1.82, 2.24) is 14.8 Å². The van der Waals surface area contributed by atoms with Crippen molar-refractivity contribution in [2.24, 2.45) is 11.3 Å². The lowest BCUT2D eigenvalue weighted by atomic mass is 9.90. The molecule has 1 saturated carbocycles. The van der Waals surface area contributed by atoms with Crippen molar-refractivity contribution < 1.29 is 9.59 Å². The van der Waals surface area contributed by atoms with E-state index in [0.29, 0.717) is 5.91 Å². The minimum Gasteiger partial charge on any atom is -0.353 e. The molecule has 2 aromatic carbocycles. The summed E-state index contributed by atoms with van der Waals surface area (Å²) in [6, 6.07) is 24.1. The number of pyridine rings is 1. The Labute approximate surface area is 212 Å². The molecule has 6 nitrogen and oxygen atoms in total. The fraction of sp³-hybridized carbons (Fsp3) is 0.367. The number of piperidine rings is 1. The minimum absolute atomic E-state index is 0.0960. The first-order valence-electron chi connectivity index (χ1n) is 13.0. The SMILES string of the molecule is O=C(c1ccc(-c2ccccc2)cc1)N1CCC2(CC1)CC2C(=O)N1CCN(c2ccccn2)CC1. The van der Waals surface area contributed by atoms with Crippen LogP contribution in [0, 0.1) is 11.3 Å². The smallest absolute Gasteiger partial charge is 0.253 e. The van der Waals surface area contributed by atoms with E-state index in [0.717, 1.165) is 81.0 Å². The van der Waals surface area contributed by atoms with Crippen molar-refractivity contribution >= 4 is 17.6 Å². The lowest BCUT2D eigenvalue weighted by molar-refractivity contribution is -0.134. The molecule has 0 bridgehead atoms. The van der Waals surface area contributed by atoms with Crippen molar-refractivity contribution in [1.29, 1.82) is 0 Å². The van der Waals surface area contributed by atoms with Crippen LogP contribution in [0.4, 0.5) is 5.82 Å². The van der Waals surface area contributed by atoms with Gasteiger partial charge >= 0.3 is 0 Å². The third-order valence-corrected chi connectivity index (χ3v) is 8.34. The van der Waals surface area contributed by atoms with Gasteiger partial charge < -0.3 is 14.7 Å². The Kier molecular flexibility index (Phi) is 5.96. The number of nitrogens with zero attached hydrogens (tertiary/aromatic N) is 4. The van der Waals surface area contributed by atoms with E-state index < -0.39 is 0 Å². The third kappa shape index (κ3) is 4.36. The zero-order valence-corrected chi connectivity index (χ0v) is 20.6. The van der Waals surface area contributed by atoms with Crippen LogP contribution >= 0.6 is 0 Å². The molecular formula is C30H32N4O2. The molecule has 0 radical (unpaired) electrons. The summed E-state index contributed by atoms with van der Waals surface area (Å²) in [5.41, 5.74) is 3.10. The van der Waals surface area contributed by atoms with Crippen LogP contribution in [0.25, 0.3) is 11.1 Å². The molecule has 2 aliphatic heterocycles. The summed E-state index contributed by atoms with van der Waals surface area (Å²) < 4.78 is 0. The van der Waals surface area contributed by atoms with E-state index in [2.05, 4.69) is 22.0 Å². The molecule has 6 heteroatoms. The highest BCUT2D eigenvalue weighted by molar-refractivity contribution is 5.95. The molecule has 3 fully saturated rings. The largest absolute Gasteiger partial charge is 0.353 e. The Morgan fingerprint density at radius 3 is 2.06 bits per heavy atom. The molecule has 36 heavy (non-hydrogen) atoms. The zero-order chi connectivity index (χ0) is 24.5. The van der Waals surface area contributed by atoms with Crippen LogP contribution in [0.2, 0.25) is 0 Å². The van der Waals surface area contributed by atoms with Crippen molar-refractivity contribution in [3.63, 3.8) is 0 Å². The number of likely N-dealkylation sites (tertiary alicyclic amines) is 1. The van der Waals surface area contributed by atoms with Gasteiger partial charge in [-0.2, -0.15) is 0 Å². The van der Waals surface area contributed by atoms with Gasteiger partial charge in [0.05, 0.1) is 0 Å². The second-order valence-corrected chi connectivity index (χ2v) is 10.4. The van der Waals surface area contributed by atoms with E-state index in [-0.39, 0.29) is 17.2 Å². The van der Waals surface area contributed by atoms with Crippen molar-refractivity contribution in [3.8, 4) is 11.1 Å². The maximum atomic E-state index is 13.3. The Bertz CT molecular complexity index is 1210. The summed E-state index contributed by atoms with van der Waals surface area (Å²) in [4.78, 5) is 37.1. The summed E-state index contributed by atoms with van der Waals surface area (Å²) in [5, 5.41) is 0. The summed E-state index contributed by atoms with van der Waals surface area (Å²) in [5.74, 6) is 1.52. The van der Waals surface area contributed by atoms with E-state index in [9.17, 15) is 9.59 Å². The third-order valence-electron chi connectivity index (χ3n) is 8.34. The van der Waals surface area contributed by atoms with E-state index in [1.165, 1.54) is 0 Å². The van der Waals surface area contributed by atoms with Crippen LogP contribution in [-0.2, 0) is 4.79 Å². The molecule has 1 aromatic heterocycles. The Balaban J connectivity index is 1.01. The Morgan fingerprint density at radius 1 is 0.722 bits per heavy atom. The molecular weight excluding hydrogens is 448 g/mol. The van der Waals surface area contributed by atoms with Gasteiger partial charge in [-0.15, -0.1) is 0 Å². The molecule has 1 atom stereocenters. The first-order chi connectivity index (χ1) is 17.6. The Morgan fingerprint density at radius 2 is 1.39 bits per heavy atom. The van der Waals surface area contributed by atoms with Crippen molar-refractivity contribution in [3.05, 3.63) is 84.6 Å². The fourth-order valence-corrected chi connectivity index (χ4v) is 5.94. The predicted octanol–water partition coefficient (Wildman–Crippen LogP) is 4.34. The number of amides is 2. The lowest BCUT2D eigenvalue weighted by Crippen LogP contribution is -2.50. The molecule has 1 spiro atoms. The van der Waals surface area contributed by atoms with Crippen molar-refractivity contribution in [2.45, 2.75) is 19.3 Å². The van der Waals surface area contributed by atoms with Gasteiger partial charge in [-0.05, 0) is 60.1 Å². The number of hydrogen-bond donors (Lipinski definition) is 0. The van der Waals surface area contributed by atoms with Gasteiger partial charge in [0.15, 0.2) is 0 Å². The van der Waals surface area contributed by atoms with E-state index in [1.807, 2.05) is 76.7 Å². The van der Waals surface area contributed by atoms with E-state index >= 15 is 0 Å². The highest BCUT2D eigenvalue weighted by atomic mass is 16.2. The fourth-order valence-electron chi connectivity index (χ4n) is 5.94. The topological polar surface area (TPSA) is 56.8 Å². The number of hydrogen-bond acceptors (Lipinski definition) is 4. The molecule has 1 aliphatic carbocycles. The summed E-state index contributed by atoms with van der Waals surface area (Å²) in [6.45, 7) is 4.63. The molecule has 3 aliphatic rings. The summed E-state index contributed by atoms with van der Waals surface area (Å²) >= 11 is 0. The van der Waals surface area contributed by atoms with Crippen LogP contribution in [-0.4, -0.2) is 65.9 Å². The first kappa shape index (κ1) is 22.8. The molecule has 3 aromatic rings. The average molecular weight is 481 g/mol. The molecule has 184 valence electrons. The molecule has 2 saturated heterocycles. The number of carbonyl (C=O) groups is 2. The maximum absolute atomic E-state index is 13.3. The molecule has 1 unspecified atom stereocenters. The van der Waals surface area contributed by atoms with Gasteiger partial charge in [-0.3, -0.25) is 9.59 Å². The number of aromatic nitrogens is 1. The number of anilines is 1. The predicted molar refractivity (Wildman–Crippen MR) is 141 cm³/mol. The van der Waals surface area contributed by atoms with Crippen LogP contribution < -0.4 is 4.90 Å². The molecule has 3 heterocycles. The van der Waals surface area contributed by atoms with Gasteiger partial charge in [0.1, 0.15) is 5.82 Å². The number of carbonyl (C=O) groups excluding carboxylic acids is 2.